The molecule has 2 fully saturated rings. The highest BCUT2D eigenvalue weighted by molar-refractivity contribution is 5.91. The normalized spacial score (nSPS) is 21.0. The summed E-state index contributed by atoms with van der Waals surface area (Å²) in [7, 11) is 0. The number of amides is 1. The zero-order valence-electron chi connectivity index (χ0n) is 14.7. The molecule has 3 rings (SSSR count). The number of benzene rings is 1. The van der Waals surface area contributed by atoms with Crippen molar-refractivity contribution < 1.29 is 19.1 Å². The van der Waals surface area contributed by atoms with Crippen molar-refractivity contribution in [1.82, 2.24) is 5.32 Å². The fraction of sp³-hybridized carbons (Fsp3) is 0.600. The summed E-state index contributed by atoms with van der Waals surface area (Å²) in [5.41, 5.74) is 1.79. The summed E-state index contributed by atoms with van der Waals surface area (Å²) in [4.78, 5) is 23.8. The van der Waals surface area contributed by atoms with Gasteiger partial charge in [0.25, 0.3) is 5.91 Å². The number of hydrogen-bond donors (Lipinski definition) is 1. The number of nitrogens with one attached hydrogen (secondary N) is 1. The molecule has 1 N–H and O–H groups in total. The largest absolute Gasteiger partial charge is 0.452 e. The van der Waals surface area contributed by atoms with E-state index in [4.69, 9.17) is 9.47 Å². The van der Waals surface area contributed by atoms with E-state index >= 15 is 0 Å². The van der Waals surface area contributed by atoms with Crippen molar-refractivity contribution in [3.8, 4) is 0 Å². The van der Waals surface area contributed by atoms with E-state index < -0.39 is 5.97 Å². The van der Waals surface area contributed by atoms with Gasteiger partial charge in [-0.25, -0.2) is 4.79 Å². The van der Waals surface area contributed by atoms with E-state index in [1.165, 1.54) is 37.7 Å². The van der Waals surface area contributed by atoms with Crippen LogP contribution in [0.15, 0.2) is 24.3 Å². The van der Waals surface area contributed by atoms with Crippen LogP contribution in [-0.2, 0) is 14.3 Å². The van der Waals surface area contributed by atoms with Gasteiger partial charge in [-0.3, -0.25) is 4.79 Å². The standard InChI is InChI=1S/C20H27NO4/c22-19(21-13-18-7-4-12-24-18)14-25-20(23)17-10-8-16(9-11-17)15-5-2-1-3-6-15/h8-11,15,18H,1-7,12-14H2,(H,21,22)/t18-/m0/s1. The maximum atomic E-state index is 12.1. The lowest BCUT2D eigenvalue weighted by atomic mass is 9.84. The van der Waals surface area contributed by atoms with E-state index in [2.05, 4.69) is 5.32 Å². The molecule has 5 nitrogen and oxygen atoms in total. The second kappa shape index (κ2) is 8.99. The summed E-state index contributed by atoms with van der Waals surface area (Å²) in [6, 6.07) is 7.64. The average Bonchev–Trinajstić information content (AvgIpc) is 3.19. The molecule has 1 saturated heterocycles. The molecule has 0 spiro atoms. The predicted octanol–water partition coefficient (Wildman–Crippen LogP) is 3.19. The van der Waals surface area contributed by atoms with Crippen LogP contribution in [0.2, 0.25) is 0 Å². The fourth-order valence-corrected chi connectivity index (χ4v) is 3.63. The van der Waals surface area contributed by atoms with E-state index in [1.54, 1.807) is 12.1 Å². The molecule has 1 saturated carbocycles. The SMILES string of the molecule is O=C(COC(=O)c1ccc(C2CCCCC2)cc1)NC[C@@H]1CCCO1. The van der Waals surface area contributed by atoms with Gasteiger partial charge in [0, 0.05) is 13.2 Å². The highest BCUT2D eigenvalue weighted by atomic mass is 16.5. The Morgan fingerprint density at radius 1 is 1.04 bits per heavy atom. The van der Waals surface area contributed by atoms with Crippen molar-refractivity contribution in [2.24, 2.45) is 0 Å². The van der Waals surface area contributed by atoms with Gasteiger partial charge >= 0.3 is 5.97 Å². The molecule has 1 atom stereocenters. The van der Waals surface area contributed by atoms with Gasteiger partial charge in [-0.15, -0.1) is 0 Å². The first-order valence-electron chi connectivity index (χ1n) is 9.38. The van der Waals surface area contributed by atoms with Crippen LogP contribution in [-0.4, -0.2) is 37.7 Å². The van der Waals surface area contributed by atoms with Crippen molar-refractivity contribution in [3.63, 3.8) is 0 Å². The van der Waals surface area contributed by atoms with E-state index in [9.17, 15) is 9.59 Å². The molecule has 5 heteroatoms. The Morgan fingerprint density at radius 3 is 2.48 bits per heavy atom. The van der Waals surface area contributed by atoms with Crippen LogP contribution >= 0.6 is 0 Å². The third-order valence-corrected chi connectivity index (χ3v) is 5.11. The Bertz CT molecular complexity index is 572. The van der Waals surface area contributed by atoms with Gasteiger partial charge in [-0.2, -0.15) is 0 Å². The molecule has 1 aromatic rings. The summed E-state index contributed by atoms with van der Waals surface area (Å²) in [6.45, 7) is 0.981. The Morgan fingerprint density at radius 2 is 1.80 bits per heavy atom. The van der Waals surface area contributed by atoms with Crippen molar-refractivity contribution in [2.45, 2.75) is 57.0 Å². The second-order valence-electron chi connectivity index (χ2n) is 6.97. The lowest BCUT2D eigenvalue weighted by Gasteiger charge is -2.21. The Kier molecular flexibility index (Phi) is 6.45. The summed E-state index contributed by atoms with van der Waals surface area (Å²) in [5.74, 6) is -0.132. The van der Waals surface area contributed by atoms with Gasteiger partial charge < -0.3 is 14.8 Å². The van der Waals surface area contributed by atoms with E-state index in [0.29, 0.717) is 18.0 Å². The number of esters is 1. The molecule has 25 heavy (non-hydrogen) atoms. The quantitative estimate of drug-likeness (QED) is 0.804. The van der Waals surface area contributed by atoms with Gasteiger partial charge in [0.15, 0.2) is 6.61 Å². The highest BCUT2D eigenvalue weighted by Gasteiger charge is 2.18. The van der Waals surface area contributed by atoms with E-state index in [-0.39, 0.29) is 18.6 Å². The van der Waals surface area contributed by atoms with Crippen LogP contribution in [0, 0.1) is 0 Å². The fourth-order valence-electron chi connectivity index (χ4n) is 3.63. The minimum absolute atomic E-state index is 0.0898. The first-order valence-corrected chi connectivity index (χ1v) is 9.38. The highest BCUT2D eigenvalue weighted by Crippen LogP contribution is 2.32. The molecule has 0 bridgehead atoms. The minimum atomic E-state index is -0.456. The molecule has 0 unspecified atom stereocenters. The van der Waals surface area contributed by atoms with Crippen LogP contribution in [0.4, 0.5) is 0 Å². The monoisotopic (exact) mass is 345 g/mol. The van der Waals surface area contributed by atoms with Crippen molar-refractivity contribution >= 4 is 11.9 Å². The Balaban J connectivity index is 1.42. The maximum Gasteiger partial charge on any atom is 0.338 e. The Hall–Kier alpha value is -1.88. The van der Waals surface area contributed by atoms with Crippen LogP contribution in [0.25, 0.3) is 0 Å². The minimum Gasteiger partial charge on any atom is -0.452 e. The lowest BCUT2D eigenvalue weighted by Crippen LogP contribution is -2.34. The van der Waals surface area contributed by atoms with E-state index in [1.807, 2.05) is 12.1 Å². The zero-order chi connectivity index (χ0) is 17.5. The van der Waals surface area contributed by atoms with Crippen molar-refractivity contribution in [2.75, 3.05) is 19.8 Å². The Labute approximate surface area is 149 Å². The van der Waals surface area contributed by atoms with E-state index in [0.717, 1.165) is 19.4 Å². The molecule has 1 aromatic carbocycles. The maximum absolute atomic E-state index is 12.1. The second-order valence-corrected chi connectivity index (χ2v) is 6.97. The smallest absolute Gasteiger partial charge is 0.338 e. The van der Waals surface area contributed by atoms with Gasteiger partial charge in [-0.1, -0.05) is 31.4 Å². The molecular weight excluding hydrogens is 318 g/mol. The van der Waals surface area contributed by atoms with Gasteiger partial charge in [-0.05, 0) is 49.3 Å². The van der Waals surface area contributed by atoms with Crippen LogP contribution in [0.3, 0.4) is 0 Å². The number of ether oxygens (including phenoxy) is 2. The summed E-state index contributed by atoms with van der Waals surface area (Å²) < 4.78 is 10.5. The van der Waals surface area contributed by atoms with Crippen LogP contribution < -0.4 is 5.32 Å². The molecule has 0 radical (unpaired) electrons. The van der Waals surface area contributed by atoms with Crippen molar-refractivity contribution in [3.05, 3.63) is 35.4 Å². The molecular formula is C20H27NO4. The van der Waals surface area contributed by atoms with Gasteiger partial charge in [0.2, 0.25) is 0 Å². The number of carbonyl (C=O) groups excluding carboxylic acids is 2. The lowest BCUT2D eigenvalue weighted by molar-refractivity contribution is -0.124. The molecule has 1 aliphatic carbocycles. The van der Waals surface area contributed by atoms with Crippen LogP contribution in [0.5, 0.6) is 0 Å². The number of carbonyl (C=O) groups is 2. The summed E-state index contributed by atoms with van der Waals surface area (Å²) in [6.07, 6.45) is 8.45. The van der Waals surface area contributed by atoms with Gasteiger partial charge in [0.1, 0.15) is 0 Å². The van der Waals surface area contributed by atoms with Gasteiger partial charge in [0.05, 0.1) is 11.7 Å². The number of rotatable bonds is 6. The zero-order valence-corrected chi connectivity index (χ0v) is 14.7. The molecule has 0 aromatic heterocycles. The third kappa shape index (κ3) is 5.30. The predicted molar refractivity (Wildman–Crippen MR) is 94.5 cm³/mol. The summed E-state index contributed by atoms with van der Waals surface area (Å²) >= 11 is 0. The van der Waals surface area contributed by atoms with Crippen molar-refractivity contribution in [1.29, 1.82) is 0 Å². The molecule has 1 heterocycles. The number of hydrogen-bond acceptors (Lipinski definition) is 4. The first-order chi connectivity index (χ1) is 12.2. The molecule has 1 amide bonds. The molecule has 1 aliphatic heterocycles. The topological polar surface area (TPSA) is 64.6 Å². The summed E-state index contributed by atoms with van der Waals surface area (Å²) in [5, 5.41) is 2.74. The first kappa shape index (κ1) is 17.9. The third-order valence-electron chi connectivity index (χ3n) is 5.11. The molecule has 2 aliphatic rings. The average molecular weight is 345 g/mol. The molecule has 136 valence electrons. The van der Waals surface area contributed by atoms with Crippen LogP contribution in [0.1, 0.15) is 66.8 Å².